The number of anilines is 2. The van der Waals surface area contributed by atoms with Gasteiger partial charge in [0.1, 0.15) is 0 Å². The first-order valence-electron chi connectivity index (χ1n) is 24.2. The van der Waals surface area contributed by atoms with Crippen molar-refractivity contribution in [1.82, 2.24) is 9.80 Å². The molecule has 69 heavy (non-hydrogen) atoms. The molecular weight excluding hydrogens is 881 g/mol. The van der Waals surface area contributed by atoms with Crippen LogP contribution in [0.1, 0.15) is 73.6 Å². The summed E-state index contributed by atoms with van der Waals surface area (Å²) in [5, 5.41) is 0. The molecule has 7 atom stereocenters. The van der Waals surface area contributed by atoms with Gasteiger partial charge in [-0.15, -0.1) is 0 Å². The fourth-order valence-electron chi connectivity index (χ4n) is 14.8. The fraction of sp³-hybridized carbons (Fsp3) is 0.538. The first kappa shape index (κ1) is 48.0. The minimum Gasteiger partial charge on any atom is -0.378 e. The van der Waals surface area contributed by atoms with Crippen LogP contribution in [-0.4, -0.2) is 120 Å². The summed E-state index contributed by atoms with van der Waals surface area (Å²) >= 11 is 0. The van der Waals surface area contributed by atoms with Gasteiger partial charge in [0.15, 0.2) is 0 Å². The van der Waals surface area contributed by atoms with Crippen LogP contribution in [0.2, 0.25) is 0 Å². The summed E-state index contributed by atoms with van der Waals surface area (Å²) in [5.74, 6) is -5.26. The first-order valence-corrected chi connectivity index (χ1v) is 24.2. The van der Waals surface area contributed by atoms with Gasteiger partial charge in [0, 0.05) is 78.3 Å². The van der Waals surface area contributed by atoms with Crippen LogP contribution in [0.3, 0.4) is 0 Å². The predicted octanol–water partition coefficient (Wildman–Crippen LogP) is 4.27. The molecule has 4 fully saturated rings. The van der Waals surface area contributed by atoms with Crippen LogP contribution in [0, 0.1) is 28.6 Å². The highest BCUT2D eigenvalue weighted by Crippen LogP contribution is 2.60. The second kappa shape index (κ2) is 17.1. The Labute approximate surface area is 403 Å². The van der Waals surface area contributed by atoms with E-state index in [1.54, 1.807) is 0 Å². The van der Waals surface area contributed by atoms with E-state index in [0.717, 1.165) is 46.8 Å². The summed E-state index contributed by atoms with van der Waals surface area (Å²) in [6.45, 7) is 14.8. The highest BCUT2D eigenvalue weighted by molar-refractivity contribution is 6.11. The van der Waals surface area contributed by atoms with Crippen LogP contribution in [-0.2, 0) is 33.4 Å². The number of hydrogen-bond acceptors (Lipinski definition) is 13. The number of fused-ring (bicyclic) bond motifs is 4. The fourth-order valence-corrected chi connectivity index (χ4v) is 14.8. The van der Waals surface area contributed by atoms with Crippen molar-refractivity contribution in [1.29, 1.82) is 0 Å². The number of primary amides is 4. The summed E-state index contributed by atoms with van der Waals surface area (Å²) in [6, 6.07) is 6.76. The maximum Gasteiger partial charge on any atom is 0.412 e. The van der Waals surface area contributed by atoms with Crippen LogP contribution in [0.5, 0.6) is 0 Å². The third-order valence-electron chi connectivity index (χ3n) is 17.7. The van der Waals surface area contributed by atoms with Gasteiger partial charge < -0.3 is 46.9 Å². The highest BCUT2D eigenvalue weighted by atomic mass is 16.6. The molecule has 368 valence electrons. The van der Waals surface area contributed by atoms with Crippen molar-refractivity contribution in [2.45, 2.75) is 108 Å². The maximum absolute atomic E-state index is 15.0. The van der Waals surface area contributed by atoms with Crippen molar-refractivity contribution in [3.05, 3.63) is 95.2 Å². The molecule has 1 aromatic carbocycles. The van der Waals surface area contributed by atoms with E-state index in [9.17, 15) is 24.0 Å². The Morgan fingerprint density at radius 1 is 0.623 bits per heavy atom. The topological polar surface area (TPSA) is 247 Å². The lowest BCUT2D eigenvalue weighted by atomic mass is 9.60. The summed E-state index contributed by atoms with van der Waals surface area (Å²) < 4.78 is 16.3. The van der Waals surface area contributed by atoms with Gasteiger partial charge in [-0.05, 0) is 91.5 Å². The SMILES string of the molecule is CC1CC(C2CCCN2[C@@](C(N)=O)(C(=O)OC(N)=O)C(C)(C)C2C3=CC=C2C=C3)N(c2ccc(N3CCOCC3)cc2)[C@@]1(C)C1CCCN1[C@@](C(N)=O)(C(=O)OC(N)=O)C(C)(C)C1C2=CC=C1C=C2. The number of rotatable bonds is 14. The average Bonchev–Trinajstić information content (AvgIpc) is 4.17. The second-order valence-electron chi connectivity index (χ2n) is 21.4. The van der Waals surface area contributed by atoms with Crippen molar-refractivity contribution in [3.63, 3.8) is 0 Å². The molecule has 8 aliphatic rings. The Morgan fingerprint density at radius 2 is 1.06 bits per heavy atom. The largest absolute Gasteiger partial charge is 0.412 e. The lowest BCUT2D eigenvalue weighted by Gasteiger charge is -2.57. The van der Waals surface area contributed by atoms with Gasteiger partial charge in [0.25, 0.3) is 0 Å². The number of nitrogens with zero attached hydrogens (tertiary/aromatic N) is 4. The lowest BCUT2D eigenvalue weighted by Crippen LogP contribution is -2.77. The summed E-state index contributed by atoms with van der Waals surface area (Å²) in [5.41, 5.74) is 21.9. The number of likely N-dealkylation sites (tertiary alicyclic amines) is 2. The molecule has 0 radical (unpaired) electrons. The van der Waals surface area contributed by atoms with Crippen LogP contribution >= 0.6 is 0 Å². The molecule has 1 aromatic rings. The Balaban J connectivity index is 1.21. The number of esters is 2. The average molecular weight is 947 g/mol. The smallest absolute Gasteiger partial charge is 0.378 e. The molecule has 0 aromatic heterocycles. The van der Waals surface area contributed by atoms with Gasteiger partial charge >= 0.3 is 24.1 Å². The minimum atomic E-state index is -2.21. The van der Waals surface area contributed by atoms with Gasteiger partial charge in [-0.1, -0.05) is 83.2 Å². The standard InChI is InChI=1S/C52H66N8O9/c1-30-29-38(37-9-7-23-58(37)51(42(53)61,44(63)68-46(55)65)48(2,3)40-31-11-12-32(40)14-13-31)60(36-21-19-35(20-22-36)57-25-27-67-28-26-57)50(30,6)39-10-8-24-59(39)52(43(54)62,45(64)69-47(56)66)49(4,5)41-33-15-16-34(41)18-17-33/h11-22,30,37-41H,7-10,23-29H2,1-6H3,(H2,53,61)(H2,54,62)(H2,55,65)(H2,56,66)/t30?,37?,38?,39?,50-,51+,52+/m1/s1. The van der Waals surface area contributed by atoms with Crippen molar-refractivity contribution >= 4 is 47.3 Å². The number of morpholine rings is 1. The van der Waals surface area contributed by atoms with Gasteiger partial charge in [-0.25, -0.2) is 19.2 Å². The molecule has 4 heterocycles. The normalized spacial score (nSPS) is 28.8. The van der Waals surface area contributed by atoms with Crippen molar-refractivity contribution in [2.24, 2.45) is 51.5 Å². The molecule has 4 amide bonds. The highest BCUT2D eigenvalue weighted by Gasteiger charge is 2.72. The van der Waals surface area contributed by atoms with Crippen LogP contribution in [0.4, 0.5) is 21.0 Å². The molecule has 4 aliphatic heterocycles. The molecule has 9 rings (SSSR count). The van der Waals surface area contributed by atoms with Gasteiger partial charge in [0.2, 0.25) is 22.9 Å². The third kappa shape index (κ3) is 6.88. The predicted molar refractivity (Wildman–Crippen MR) is 258 cm³/mol. The molecule has 0 saturated carbocycles. The zero-order valence-electron chi connectivity index (χ0n) is 40.4. The molecule has 8 N–H and O–H groups in total. The monoisotopic (exact) mass is 946 g/mol. The molecule has 17 nitrogen and oxygen atoms in total. The molecule has 4 bridgehead atoms. The zero-order chi connectivity index (χ0) is 49.6. The molecular formula is C52H66N8O9. The van der Waals surface area contributed by atoms with E-state index in [-0.39, 0.29) is 19.0 Å². The Hall–Kier alpha value is -6.04. The van der Waals surface area contributed by atoms with Crippen LogP contribution < -0.4 is 32.7 Å². The Bertz CT molecular complexity index is 2510. The number of nitrogens with two attached hydrogens (primary N) is 4. The first-order chi connectivity index (χ1) is 32.7. The zero-order valence-corrected chi connectivity index (χ0v) is 40.4. The number of ether oxygens (including phenoxy) is 3. The Morgan fingerprint density at radius 3 is 1.51 bits per heavy atom. The molecule has 0 spiro atoms. The third-order valence-corrected chi connectivity index (χ3v) is 17.7. The van der Waals surface area contributed by atoms with Crippen molar-refractivity contribution < 1.29 is 43.0 Å². The van der Waals surface area contributed by atoms with E-state index in [1.807, 2.05) is 86.1 Å². The summed E-state index contributed by atoms with van der Waals surface area (Å²) in [6.07, 6.45) is 15.7. The number of amides is 4. The number of benzene rings is 1. The van der Waals surface area contributed by atoms with E-state index >= 15 is 4.79 Å². The van der Waals surface area contributed by atoms with Crippen LogP contribution in [0.15, 0.2) is 95.2 Å². The summed E-state index contributed by atoms with van der Waals surface area (Å²) in [7, 11) is 0. The van der Waals surface area contributed by atoms with Gasteiger partial charge in [-0.3, -0.25) is 19.4 Å². The van der Waals surface area contributed by atoms with E-state index in [1.165, 1.54) is 0 Å². The Kier molecular flexibility index (Phi) is 11.9. The summed E-state index contributed by atoms with van der Waals surface area (Å²) in [4.78, 5) is 93.0. The molecule has 4 unspecified atom stereocenters. The number of allylic oxidation sites excluding steroid dienone is 12. The van der Waals surface area contributed by atoms with E-state index in [4.69, 9.17) is 37.1 Å². The molecule has 4 saturated heterocycles. The van der Waals surface area contributed by atoms with Crippen molar-refractivity contribution in [2.75, 3.05) is 49.2 Å². The number of carbonyl (C=O) groups excluding carboxylic acids is 6. The number of hydrogen-bond donors (Lipinski definition) is 4. The minimum absolute atomic E-state index is 0.191. The quantitative estimate of drug-likeness (QED) is 0.151. The van der Waals surface area contributed by atoms with Gasteiger partial charge in [-0.2, -0.15) is 0 Å². The number of carbonyl (C=O) groups is 6. The second-order valence-corrected chi connectivity index (χ2v) is 21.4. The maximum atomic E-state index is 15.0. The lowest BCUT2D eigenvalue weighted by molar-refractivity contribution is -0.173. The van der Waals surface area contributed by atoms with E-state index in [2.05, 4.69) is 47.9 Å². The molecule has 4 aliphatic carbocycles. The van der Waals surface area contributed by atoms with E-state index in [0.29, 0.717) is 45.3 Å². The molecule has 17 heteroatoms. The van der Waals surface area contributed by atoms with Gasteiger partial charge in [0.05, 0.1) is 18.8 Å². The van der Waals surface area contributed by atoms with Crippen molar-refractivity contribution in [3.8, 4) is 0 Å². The van der Waals surface area contributed by atoms with Crippen LogP contribution in [0.25, 0.3) is 0 Å². The van der Waals surface area contributed by atoms with E-state index < -0.39 is 93.3 Å².